The van der Waals surface area contributed by atoms with Crippen LogP contribution in [0, 0.1) is 5.82 Å². The van der Waals surface area contributed by atoms with Crippen molar-refractivity contribution in [3.8, 4) is 0 Å². The molecular weight excluding hydrogens is 386 g/mol. The largest absolute Gasteiger partial charge is 0.296 e. The maximum absolute atomic E-state index is 13.0. The van der Waals surface area contributed by atoms with Gasteiger partial charge in [-0.3, -0.25) is 4.90 Å². The Morgan fingerprint density at radius 2 is 1.56 bits per heavy atom. The molecular formula is C17H17Cl2FN2O2S. The molecule has 0 radical (unpaired) electrons. The van der Waals surface area contributed by atoms with Crippen molar-refractivity contribution in [3.05, 3.63) is 63.9 Å². The summed E-state index contributed by atoms with van der Waals surface area (Å²) < 4.78 is 39.8. The van der Waals surface area contributed by atoms with E-state index in [1.807, 2.05) is 0 Å². The molecule has 0 aromatic heterocycles. The quantitative estimate of drug-likeness (QED) is 0.783. The summed E-state index contributed by atoms with van der Waals surface area (Å²) in [7, 11) is -3.59. The second-order valence-corrected chi connectivity index (χ2v) is 8.63. The van der Waals surface area contributed by atoms with Crippen molar-refractivity contribution < 1.29 is 12.8 Å². The Balaban J connectivity index is 1.64. The molecule has 0 atom stereocenters. The lowest BCUT2D eigenvalue weighted by atomic mass is 10.2. The van der Waals surface area contributed by atoms with Crippen molar-refractivity contribution in [1.82, 2.24) is 9.21 Å². The van der Waals surface area contributed by atoms with Crippen LogP contribution in [0.1, 0.15) is 5.56 Å². The number of halogens is 3. The van der Waals surface area contributed by atoms with Crippen molar-refractivity contribution in [1.29, 1.82) is 0 Å². The molecule has 0 aliphatic carbocycles. The summed E-state index contributed by atoms with van der Waals surface area (Å²) in [6.07, 6.45) is 0. The molecule has 1 aliphatic rings. The second kappa shape index (κ2) is 7.60. The minimum Gasteiger partial charge on any atom is -0.296 e. The van der Waals surface area contributed by atoms with Crippen LogP contribution in [0.3, 0.4) is 0 Å². The fourth-order valence-electron chi connectivity index (χ4n) is 2.76. The second-order valence-electron chi connectivity index (χ2n) is 5.88. The lowest BCUT2D eigenvalue weighted by Gasteiger charge is -2.34. The third kappa shape index (κ3) is 4.33. The Hall–Kier alpha value is -1.18. The molecule has 4 nitrogen and oxygen atoms in total. The highest BCUT2D eigenvalue weighted by Gasteiger charge is 2.28. The van der Waals surface area contributed by atoms with Gasteiger partial charge in [0.05, 0.1) is 14.9 Å². The summed E-state index contributed by atoms with van der Waals surface area (Å²) in [6.45, 7) is 2.67. The molecule has 0 N–H and O–H groups in total. The molecule has 1 heterocycles. The monoisotopic (exact) mass is 402 g/mol. The molecule has 25 heavy (non-hydrogen) atoms. The van der Waals surface area contributed by atoms with Gasteiger partial charge in [-0.05, 0) is 35.9 Å². The van der Waals surface area contributed by atoms with E-state index in [2.05, 4.69) is 4.90 Å². The third-order valence-electron chi connectivity index (χ3n) is 4.18. The molecule has 3 rings (SSSR count). The number of piperazine rings is 1. The first-order valence-corrected chi connectivity index (χ1v) is 9.98. The Bertz CT molecular complexity index is 851. The number of hydrogen-bond acceptors (Lipinski definition) is 3. The van der Waals surface area contributed by atoms with E-state index in [4.69, 9.17) is 23.2 Å². The van der Waals surface area contributed by atoms with Crippen molar-refractivity contribution in [2.45, 2.75) is 11.4 Å². The first-order valence-electron chi connectivity index (χ1n) is 7.78. The summed E-state index contributed by atoms with van der Waals surface area (Å²) in [5.74, 6) is -0.263. The molecule has 0 saturated carbocycles. The van der Waals surface area contributed by atoms with Crippen LogP contribution in [0.2, 0.25) is 10.0 Å². The van der Waals surface area contributed by atoms with Gasteiger partial charge in [0, 0.05) is 32.7 Å². The standard InChI is InChI=1S/C17H17Cl2FN2O2S/c18-16-6-5-15(11-17(16)19)25(23,24)22-9-7-21(8-10-22)12-13-1-3-14(20)4-2-13/h1-6,11H,7-10,12H2. The minimum absolute atomic E-state index is 0.147. The normalized spacial score (nSPS) is 16.9. The topological polar surface area (TPSA) is 40.6 Å². The molecule has 1 fully saturated rings. The number of rotatable bonds is 4. The Kier molecular flexibility index (Phi) is 5.65. The molecule has 2 aromatic carbocycles. The van der Waals surface area contributed by atoms with Gasteiger partial charge >= 0.3 is 0 Å². The first kappa shape index (κ1) is 18.6. The first-order chi connectivity index (χ1) is 11.9. The molecule has 134 valence electrons. The van der Waals surface area contributed by atoms with Gasteiger partial charge in [-0.1, -0.05) is 35.3 Å². The highest BCUT2D eigenvalue weighted by atomic mass is 35.5. The van der Waals surface area contributed by atoms with E-state index in [0.29, 0.717) is 37.7 Å². The molecule has 1 saturated heterocycles. The Morgan fingerprint density at radius 1 is 0.920 bits per heavy atom. The Labute approximate surface area is 156 Å². The van der Waals surface area contributed by atoms with Gasteiger partial charge in [-0.2, -0.15) is 4.31 Å². The highest BCUT2D eigenvalue weighted by Crippen LogP contribution is 2.27. The average Bonchev–Trinajstić information content (AvgIpc) is 2.60. The van der Waals surface area contributed by atoms with Gasteiger partial charge in [0.25, 0.3) is 0 Å². The number of nitrogens with zero attached hydrogens (tertiary/aromatic N) is 2. The smallest absolute Gasteiger partial charge is 0.243 e. The molecule has 2 aromatic rings. The van der Waals surface area contributed by atoms with Crippen molar-refractivity contribution in [2.24, 2.45) is 0 Å². The maximum atomic E-state index is 13.0. The SMILES string of the molecule is O=S(=O)(c1ccc(Cl)c(Cl)c1)N1CCN(Cc2ccc(F)cc2)CC1. The van der Waals surface area contributed by atoms with Crippen LogP contribution in [0.25, 0.3) is 0 Å². The van der Waals surface area contributed by atoms with Crippen LogP contribution in [0.5, 0.6) is 0 Å². The summed E-state index contributed by atoms with van der Waals surface area (Å²) in [5.41, 5.74) is 1.00. The van der Waals surface area contributed by atoms with E-state index in [-0.39, 0.29) is 15.7 Å². The van der Waals surface area contributed by atoms with Crippen LogP contribution in [0.4, 0.5) is 4.39 Å². The molecule has 0 bridgehead atoms. The maximum Gasteiger partial charge on any atom is 0.243 e. The molecule has 1 aliphatic heterocycles. The fraction of sp³-hybridized carbons (Fsp3) is 0.294. The number of sulfonamides is 1. The predicted molar refractivity (Wildman–Crippen MR) is 96.9 cm³/mol. The van der Waals surface area contributed by atoms with Crippen LogP contribution in [0.15, 0.2) is 47.4 Å². The summed E-state index contributed by atoms with van der Waals surface area (Å²) >= 11 is 11.8. The zero-order valence-electron chi connectivity index (χ0n) is 13.3. The van der Waals surface area contributed by atoms with Crippen LogP contribution < -0.4 is 0 Å². The van der Waals surface area contributed by atoms with Gasteiger partial charge in [0.15, 0.2) is 0 Å². The zero-order valence-corrected chi connectivity index (χ0v) is 15.7. The highest BCUT2D eigenvalue weighted by molar-refractivity contribution is 7.89. The van der Waals surface area contributed by atoms with E-state index in [0.717, 1.165) is 5.56 Å². The molecule has 0 amide bonds. The summed E-state index contributed by atoms with van der Waals surface area (Å²) in [6, 6.07) is 10.7. The summed E-state index contributed by atoms with van der Waals surface area (Å²) in [4.78, 5) is 2.29. The van der Waals surface area contributed by atoms with Crippen LogP contribution in [-0.4, -0.2) is 43.8 Å². The molecule has 8 heteroatoms. The van der Waals surface area contributed by atoms with Crippen LogP contribution >= 0.6 is 23.2 Å². The van der Waals surface area contributed by atoms with E-state index in [1.54, 1.807) is 12.1 Å². The lowest BCUT2D eigenvalue weighted by Crippen LogP contribution is -2.48. The van der Waals surface area contributed by atoms with Gasteiger partial charge in [-0.15, -0.1) is 0 Å². The number of hydrogen-bond donors (Lipinski definition) is 0. The van der Waals surface area contributed by atoms with Gasteiger partial charge in [0.2, 0.25) is 10.0 Å². The van der Waals surface area contributed by atoms with E-state index in [1.165, 1.54) is 34.6 Å². The molecule has 0 unspecified atom stereocenters. The molecule has 0 spiro atoms. The minimum atomic E-state index is -3.59. The van der Waals surface area contributed by atoms with E-state index in [9.17, 15) is 12.8 Å². The zero-order chi connectivity index (χ0) is 18.0. The predicted octanol–water partition coefficient (Wildman–Crippen LogP) is 3.64. The van der Waals surface area contributed by atoms with E-state index < -0.39 is 10.0 Å². The summed E-state index contributed by atoms with van der Waals surface area (Å²) in [5, 5.41) is 0.544. The third-order valence-corrected chi connectivity index (χ3v) is 6.81. The number of benzene rings is 2. The van der Waals surface area contributed by atoms with Crippen LogP contribution in [-0.2, 0) is 16.6 Å². The van der Waals surface area contributed by atoms with Crippen molar-refractivity contribution in [3.63, 3.8) is 0 Å². The van der Waals surface area contributed by atoms with Crippen molar-refractivity contribution >= 4 is 33.2 Å². The van der Waals surface area contributed by atoms with Crippen molar-refractivity contribution in [2.75, 3.05) is 26.2 Å². The Morgan fingerprint density at radius 3 is 2.16 bits per heavy atom. The van der Waals surface area contributed by atoms with Gasteiger partial charge < -0.3 is 0 Å². The van der Waals surface area contributed by atoms with Gasteiger partial charge in [0.1, 0.15) is 5.82 Å². The van der Waals surface area contributed by atoms with Gasteiger partial charge in [-0.25, -0.2) is 12.8 Å². The van der Waals surface area contributed by atoms with E-state index >= 15 is 0 Å². The average molecular weight is 403 g/mol. The fourth-order valence-corrected chi connectivity index (χ4v) is 4.57. The lowest BCUT2D eigenvalue weighted by molar-refractivity contribution is 0.181.